The molecule has 0 aromatic heterocycles. The van der Waals surface area contributed by atoms with E-state index in [1.165, 1.54) is 19.3 Å². The summed E-state index contributed by atoms with van der Waals surface area (Å²) in [7, 11) is 0. The van der Waals surface area contributed by atoms with Crippen molar-refractivity contribution in [2.75, 3.05) is 0 Å². The Bertz CT molecular complexity index is 419. The predicted octanol–water partition coefficient (Wildman–Crippen LogP) is 1.67. The quantitative estimate of drug-likeness (QED) is 0.687. The molecule has 5 aliphatic rings. The van der Waals surface area contributed by atoms with Crippen molar-refractivity contribution in [3.05, 3.63) is 0 Å². The van der Waals surface area contributed by atoms with E-state index in [9.17, 15) is 10.2 Å². The van der Waals surface area contributed by atoms with E-state index in [2.05, 4.69) is 6.92 Å². The van der Waals surface area contributed by atoms with Crippen LogP contribution in [0.1, 0.15) is 45.4 Å². The van der Waals surface area contributed by atoms with Gasteiger partial charge in [-0.1, -0.05) is 0 Å². The first-order valence-electron chi connectivity index (χ1n) is 7.60. The molecule has 100 valence electrons. The molecule has 1 spiro atoms. The monoisotopic (exact) mass is 250 g/mol. The highest BCUT2D eigenvalue weighted by molar-refractivity contribution is 5.26. The molecule has 3 nitrogen and oxygen atoms in total. The molecule has 1 heterocycles. The molecule has 7 atom stereocenters. The van der Waals surface area contributed by atoms with Gasteiger partial charge in [0.1, 0.15) is 0 Å². The predicted molar refractivity (Wildman–Crippen MR) is 64.5 cm³/mol. The molecule has 2 N–H and O–H groups in total. The standard InChI is InChI=1S/C15H22O3/c1-13-3-2-9-10-6-8(16)7-11(15(10,17)18-13)12(13)14(9)4-5-14/h8-12,16-17H,2-7H2,1H3/t8?,9?,10?,11?,12?,13-,15?/m0/s1. The zero-order valence-corrected chi connectivity index (χ0v) is 10.9. The number of aliphatic hydroxyl groups excluding tert-OH is 1. The van der Waals surface area contributed by atoms with Crippen molar-refractivity contribution >= 4 is 0 Å². The van der Waals surface area contributed by atoms with Gasteiger partial charge in [-0.25, -0.2) is 0 Å². The second-order valence-corrected chi connectivity index (χ2v) is 7.86. The Morgan fingerprint density at radius 2 is 1.78 bits per heavy atom. The van der Waals surface area contributed by atoms with Gasteiger partial charge in [0.05, 0.1) is 11.7 Å². The van der Waals surface area contributed by atoms with Crippen molar-refractivity contribution in [3.8, 4) is 0 Å². The van der Waals surface area contributed by atoms with Gasteiger partial charge in [-0.05, 0) is 56.8 Å². The van der Waals surface area contributed by atoms with E-state index < -0.39 is 5.79 Å². The normalized spacial score (nSPS) is 66.5. The molecule has 4 saturated carbocycles. The van der Waals surface area contributed by atoms with Gasteiger partial charge in [0.15, 0.2) is 5.79 Å². The summed E-state index contributed by atoms with van der Waals surface area (Å²) < 4.78 is 6.29. The topological polar surface area (TPSA) is 49.7 Å². The Labute approximate surface area is 108 Å². The van der Waals surface area contributed by atoms with E-state index in [-0.39, 0.29) is 23.5 Å². The summed E-state index contributed by atoms with van der Waals surface area (Å²) >= 11 is 0. The number of fused-ring (bicyclic) bond motifs is 1. The average Bonchev–Trinajstić information content (AvgIpc) is 3.00. The zero-order chi connectivity index (χ0) is 12.3. The van der Waals surface area contributed by atoms with Gasteiger partial charge in [-0.15, -0.1) is 0 Å². The molecule has 5 fully saturated rings. The van der Waals surface area contributed by atoms with Crippen LogP contribution in [0.3, 0.4) is 0 Å². The molecule has 1 aliphatic heterocycles. The summed E-state index contributed by atoms with van der Waals surface area (Å²) in [6, 6.07) is 0. The van der Waals surface area contributed by atoms with Crippen molar-refractivity contribution in [3.63, 3.8) is 0 Å². The maximum Gasteiger partial charge on any atom is 0.172 e. The highest BCUT2D eigenvalue weighted by Crippen LogP contribution is 2.79. The van der Waals surface area contributed by atoms with Crippen LogP contribution in [0.15, 0.2) is 0 Å². The third kappa shape index (κ3) is 0.889. The van der Waals surface area contributed by atoms with Gasteiger partial charge in [0, 0.05) is 17.8 Å². The fraction of sp³-hybridized carbons (Fsp3) is 1.00. The first kappa shape index (κ1) is 10.6. The minimum absolute atomic E-state index is 0.120. The highest BCUT2D eigenvalue weighted by atomic mass is 16.7. The third-order valence-corrected chi connectivity index (χ3v) is 7.19. The number of rotatable bonds is 0. The van der Waals surface area contributed by atoms with Crippen LogP contribution in [-0.2, 0) is 4.74 Å². The van der Waals surface area contributed by atoms with Crippen LogP contribution in [-0.4, -0.2) is 27.7 Å². The number of aliphatic hydroxyl groups is 2. The summed E-state index contributed by atoms with van der Waals surface area (Å²) in [6.07, 6.45) is 6.25. The van der Waals surface area contributed by atoms with Crippen molar-refractivity contribution in [1.82, 2.24) is 0 Å². The average molecular weight is 250 g/mol. The van der Waals surface area contributed by atoms with E-state index >= 15 is 0 Å². The van der Waals surface area contributed by atoms with Gasteiger partial charge >= 0.3 is 0 Å². The van der Waals surface area contributed by atoms with Gasteiger partial charge in [-0.3, -0.25) is 0 Å². The van der Waals surface area contributed by atoms with E-state index in [1.807, 2.05) is 0 Å². The largest absolute Gasteiger partial charge is 0.393 e. The first-order valence-corrected chi connectivity index (χ1v) is 7.60. The fourth-order valence-electron chi connectivity index (χ4n) is 6.74. The van der Waals surface area contributed by atoms with Crippen molar-refractivity contribution in [2.24, 2.45) is 29.1 Å². The van der Waals surface area contributed by atoms with Crippen LogP contribution < -0.4 is 0 Å². The maximum absolute atomic E-state index is 11.1. The lowest BCUT2D eigenvalue weighted by Crippen LogP contribution is -2.61. The van der Waals surface area contributed by atoms with E-state index in [0.717, 1.165) is 19.3 Å². The van der Waals surface area contributed by atoms with Crippen LogP contribution >= 0.6 is 0 Å². The molecule has 1 saturated heterocycles. The van der Waals surface area contributed by atoms with Crippen LogP contribution in [0.5, 0.6) is 0 Å². The molecule has 0 radical (unpaired) electrons. The van der Waals surface area contributed by atoms with E-state index in [4.69, 9.17) is 4.74 Å². The molecule has 6 unspecified atom stereocenters. The summed E-state index contributed by atoms with van der Waals surface area (Å²) in [4.78, 5) is 0. The molecule has 0 amide bonds. The molecular weight excluding hydrogens is 228 g/mol. The molecule has 18 heavy (non-hydrogen) atoms. The Morgan fingerprint density at radius 1 is 1.06 bits per heavy atom. The van der Waals surface area contributed by atoms with Gasteiger partial charge < -0.3 is 14.9 Å². The summed E-state index contributed by atoms with van der Waals surface area (Å²) in [5.41, 5.74) is 0.358. The molecule has 4 aliphatic carbocycles. The lowest BCUT2D eigenvalue weighted by atomic mass is 9.47. The summed E-state index contributed by atoms with van der Waals surface area (Å²) in [6.45, 7) is 2.22. The van der Waals surface area contributed by atoms with Gasteiger partial charge in [0.25, 0.3) is 0 Å². The van der Waals surface area contributed by atoms with Crippen molar-refractivity contribution in [2.45, 2.75) is 62.9 Å². The second kappa shape index (κ2) is 2.68. The number of ether oxygens (including phenoxy) is 1. The van der Waals surface area contributed by atoms with Crippen LogP contribution in [0.2, 0.25) is 0 Å². The Morgan fingerprint density at radius 3 is 2.50 bits per heavy atom. The lowest BCUT2D eigenvalue weighted by molar-refractivity contribution is -0.287. The second-order valence-electron chi connectivity index (χ2n) is 7.86. The summed E-state index contributed by atoms with van der Waals surface area (Å²) in [5.74, 6) is 0.576. The fourth-order valence-corrected chi connectivity index (χ4v) is 6.74. The van der Waals surface area contributed by atoms with E-state index in [1.54, 1.807) is 0 Å². The van der Waals surface area contributed by atoms with Crippen LogP contribution in [0, 0.1) is 29.1 Å². The summed E-state index contributed by atoms with van der Waals surface area (Å²) in [5, 5.41) is 21.2. The van der Waals surface area contributed by atoms with Crippen LogP contribution in [0.4, 0.5) is 0 Å². The minimum atomic E-state index is -0.909. The molecule has 5 bridgehead atoms. The number of hydrogen-bond acceptors (Lipinski definition) is 3. The van der Waals surface area contributed by atoms with Gasteiger partial charge in [0.2, 0.25) is 0 Å². The molecule has 0 aromatic rings. The molecule has 3 heteroatoms. The van der Waals surface area contributed by atoms with Gasteiger partial charge in [-0.2, -0.15) is 0 Å². The van der Waals surface area contributed by atoms with E-state index in [0.29, 0.717) is 17.3 Å². The lowest BCUT2D eigenvalue weighted by Gasteiger charge is -2.57. The third-order valence-electron chi connectivity index (χ3n) is 7.19. The Hall–Kier alpha value is -0.120. The number of hydrogen-bond donors (Lipinski definition) is 2. The van der Waals surface area contributed by atoms with Crippen molar-refractivity contribution in [1.29, 1.82) is 0 Å². The molecular formula is C15H22O3. The maximum atomic E-state index is 11.1. The SMILES string of the molecule is C[C@]12CCC3C4CC(O)CC(C1C31CC1)C4(O)O2. The van der Waals surface area contributed by atoms with Crippen LogP contribution in [0.25, 0.3) is 0 Å². The molecule has 5 rings (SSSR count). The highest BCUT2D eigenvalue weighted by Gasteiger charge is 2.80. The Balaban J connectivity index is 1.74. The zero-order valence-electron chi connectivity index (χ0n) is 10.9. The van der Waals surface area contributed by atoms with Crippen molar-refractivity contribution < 1.29 is 14.9 Å². The first-order chi connectivity index (χ1) is 8.50. The minimum Gasteiger partial charge on any atom is -0.393 e. The Kier molecular flexibility index (Phi) is 1.58. The smallest absolute Gasteiger partial charge is 0.172 e. The molecule has 0 aromatic carbocycles.